The minimum Gasteiger partial charge on any atom is -0.391 e. The molecule has 0 aliphatic carbocycles. The SMILES string of the molecule is O=C(NC1CN2CCC1CC2)c1nsc2cc(N3CC[C@@H](O)C3)ccc12. The number of anilines is 1. The number of rotatable bonds is 3. The minimum atomic E-state index is -0.241. The van der Waals surface area contributed by atoms with Gasteiger partial charge in [0.1, 0.15) is 5.69 Å². The van der Waals surface area contributed by atoms with E-state index in [-0.39, 0.29) is 18.1 Å². The monoisotopic (exact) mass is 372 g/mol. The highest BCUT2D eigenvalue weighted by molar-refractivity contribution is 7.13. The van der Waals surface area contributed by atoms with Crippen LogP contribution in [-0.2, 0) is 0 Å². The quantitative estimate of drug-likeness (QED) is 0.858. The van der Waals surface area contributed by atoms with Crippen molar-refractivity contribution < 1.29 is 9.90 Å². The lowest BCUT2D eigenvalue weighted by molar-refractivity contribution is 0.0619. The van der Waals surface area contributed by atoms with Gasteiger partial charge in [-0.15, -0.1) is 0 Å². The highest BCUT2D eigenvalue weighted by atomic mass is 32.1. The van der Waals surface area contributed by atoms with E-state index in [2.05, 4.69) is 25.6 Å². The van der Waals surface area contributed by atoms with Crippen LogP contribution in [0.5, 0.6) is 0 Å². The number of hydrogen-bond donors (Lipinski definition) is 2. The first kappa shape index (κ1) is 16.5. The number of aliphatic hydroxyl groups is 1. The zero-order valence-corrected chi connectivity index (χ0v) is 15.5. The Morgan fingerprint density at radius 3 is 2.73 bits per heavy atom. The molecule has 138 valence electrons. The molecule has 4 aliphatic rings. The Hall–Kier alpha value is -1.70. The van der Waals surface area contributed by atoms with Crippen LogP contribution in [0.3, 0.4) is 0 Å². The highest BCUT2D eigenvalue weighted by Crippen LogP contribution is 2.31. The molecular formula is C19H24N4O2S. The first-order valence-corrected chi connectivity index (χ1v) is 10.3. The third-order valence-electron chi connectivity index (χ3n) is 6.17. The Labute approximate surface area is 157 Å². The first-order chi connectivity index (χ1) is 12.7. The molecule has 2 N–H and O–H groups in total. The number of carbonyl (C=O) groups is 1. The Morgan fingerprint density at radius 1 is 1.19 bits per heavy atom. The van der Waals surface area contributed by atoms with Crippen LogP contribution in [0.2, 0.25) is 0 Å². The van der Waals surface area contributed by atoms with Gasteiger partial charge in [0.25, 0.3) is 5.91 Å². The molecule has 4 fully saturated rings. The van der Waals surface area contributed by atoms with Gasteiger partial charge in [-0.3, -0.25) is 4.79 Å². The Balaban J connectivity index is 1.35. The fourth-order valence-corrected chi connectivity index (χ4v) is 5.44. The van der Waals surface area contributed by atoms with Gasteiger partial charge < -0.3 is 20.2 Å². The van der Waals surface area contributed by atoms with E-state index in [1.54, 1.807) is 0 Å². The largest absolute Gasteiger partial charge is 0.391 e. The summed E-state index contributed by atoms with van der Waals surface area (Å²) in [6, 6.07) is 6.40. The molecule has 0 spiro atoms. The number of carbonyl (C=O) groups excluding carboxylic acids is 1. The zero-order valence-electron chi connectivity index (χ0n) is 14.7. The van der Waals surface area contributed by atoms with E-state index in [1.165, 1.54) is 37.5 Å². The smallest absolute Gasteiger partial charge is 0.271 e. The van der Waals surface area contributed by atoms with Gasteiger partial charge in [0.15, 0.2) is 0 Å². The number of piperidine rings is 3. The van der Waals surface area contributed by atoms with Crippen LogP contribution in [0.15, 0.2) is 18.2 Å². The van der Waals surface area contributed by atoms with Crippen molar-refractivity contribution in [2.75, 3.05) is 37.6 Å². The van der Waals surface area contributed by atoms with Gasteiger partial charge in [-0.25, -0.2) is 0 Å². The Kier molecular flexibility index (Phi) is 4.10. The van der Waals surface area contributed by atoms with E-state index in [1.807, 2.05) is 12.1 Å². The van der Waals surface area contributed by atoms with Crippen LogP contribution < -0.4 is 10.2 Å². The number of β-amino-alcohol motifs (C(OH)–C–C–N with tert-alkyl or cyclic N) is 1. The topological polar surface area (TPSA) is 68.7 Å². The van der Waals surface area contributed by atoms with Crippen LogP contribution in [0, 0.1) is 5.92 Å². The molecule has 2 aromatic rings. The maximum absolute atomic E-state index is 12.8. The molecule has 4 saturated heterocycles. The molecule has 2 atom stereocenters. The molecular weight excluding hydrogens is 348 g/mol. The molecule has 5 heterocycles. The lowest BCUT2D eigenvalue weighted by Crippen LogP contribution is -2.57. The minimum absolute atomic E-state index is 0.0423. The number of amides is 1. The van der Waals surface area contributed by atoms with E-state index in [0.717, 1.165) is 35.3 Å². The summed E-state index contributed by atoms with van der Waals surface area (Å²) in [5, 5.41) is 13.9. The van der Waals surface area contributed by atoms with E-state index in [9.17, 15) is 9.90 Å². The molecule has 6 nitrogen and oxygen atoms in total. The predicted molar refractivity (Wildman–Crippen MR) is 103 cm³/mol. The summed E-state index contributed by atoms with van der Waals surface area (Å²) in [6.07, 6.45) is 2.95. The molecule has 1 aromatic heterocycles. The molecule has 1 unspecified atom stereocenters. The maximum Gasteiger partial charge on any atom is 0.271 e. The molecule has 0 radical (unpaired) electrons. The fourth-order valence-electron chi connectivity index (χ4n) is 4.63. The van der Waals surface area contributed by atoms with Crippen molar-refractivity contribution >= 4 is 33.2 Å². The van der Waals surface area contributed by atoms with E-state index in [4.69, 9.17) is 0 Å². The number of nitrogens with zero attached hydrogens (tertiary/aromatic N) is 3. The lowest BCUT2D eigenvalue weighted by atomic mass is 9.84. The van der Waals surface area contributed by atoms with Crippen LogP contribution >= 0.6 is 11.5 Å². The molecule has 26 heavy (non-hydrogen) atoms. The summed E-state index contributed by atoms with van der Waals surface area (Å²) < 4.78 is 5.48. The van der Waals surface area contributed by atoms with Gasteiger partial charge in [0.2, 0.25) is 0 Å². The van der Waals surface area contributed by atoms with Gasteiger partial charge in [0, 0.05) is 36.7 Å². The van der Waals surface area contributed by atoms with Gasteiger partial charge in [-0.05, 0) is 68.0 Å². The van der Waals surface area contributed by atoms with E-state index in [0.29, 0.717) is 18.2 Å². The summed E-state index contributed by atoms with van der Waals surface area (Å²) in [5.41, 5.74) is 1.65. The average molecular weight is 372 g/mol. The van der Waals surface area contributed by atoms with E-state index < -0.39 is 0 Å². The van der Waals surface area contributed by atoms with Gasteiger partial charge >= 0.3 is 0 Å². The van der Waals surface area contributed by atoms with Crippen LogP contribution in [-0.4, -0.2) is 65.2 Å². The summed E-state index contributed by atoms with van der Waals surface area (Å²) in [4.78, 5) is 17.5. The number of hydrogen-bond acceptors (Lipinski definition) is 6. The molecule has 4 aliphatic heterocycles. The Morgan fingerprint density at radius 2 is 2.04 bits per heavy atom. The normalized spacial score (nSPS) is 30.9. The number of nitrogens with one attached hydrogen (secondary N) is 1. The van der Waals surface area contributed by atoms with Crippen molar-refractivity contribution in [3.8, 4) is 0 Å². The van der Waals surface area contributed by atoms with Crippen molar-refractivity contribution in [3.05, 3.63) is 23.9 Å². The van der Waals surface area contributed by atoms with Crippen LogP contribution in [0.25, 0.3) is 10.1 Å². The van der Waals surface area contributed by atoms with Crippen molar-refractivity contribution in [1.29, 1.82) is 0 Å². The van der Waals surface area contributed by atoms with Crippen LogP contribution in [0.4, 0.5) is 5.69 Å². The number of fused-ring (bicyclic) bond motifs is 4. The first-order valence-electron chi connectivity index (χ1n) is 9.53. The molecule has 7 heteroatoms. The molecule has 1 aromatic carbocycles. The predicted octanol–water partition coefficient (Wildman–Crippen LogP) is 1.69. The summed E-state index contributed by atoms with van der Waals surface area (Å²) in [6.45, 7) is 4.87. The maximum atomic E-state index is 12.8. The second-order valence-corrected chi connectivity index (χ2v) is 8.62. The van der Waals surface area contributed by atoms with E-state index >= 15 is 0 Å². The van der Waals surface area contributed by atoms with Crippen molar-refractivity contribution in [2.24, 2.45) is 5.92 Å². The van der Waals surface area contributed by atoms with Crippen molar-refractivity contribution in [3.63, 3.8) is 0 Å². The second kappa shape index (κ2) is 6.48. The third kappa shape index (κ3) is 2.88. The third-order valence-corrected chi connectivity index (χ3v) is 6.98. The molecule has 0 saturated carbocycles. The van der Waals surface area contributed by atoms with Crippen LogP contribution in [0.1, 0.15) is 29.8 Å². The number of benzene rings is 1. The summed E-state index contributed by atoms with van der Waals surface area (Å²) >= 11 is 1.38. The molecule has 1 amide bonds. The molecule has 2 bridgehead atoms. The van der Waals surface area contributed by atoms with Gasteiger partial charge in [0.05, 0.1) is 10.8 Å². The fraction of sp³-hybridized carbons (Fsp3) is 0.579. The highest BCUT2D eigenvalue weighted by Gasteiger charge is 2.35. The average Bonchev–Trinajstić information content (AvgIpc) is 3.28. The molecule has 6 rings (SSSR count). The van der Waals surface area contributed by atoms with Crippen molar-refractivity contribution in [1.82, 2.24) is 14.6 Å². The zero-order chi connectivity index (χ0) is 17.7. The summed E-state index contributed by atoms with van der Waals surface area (Å²) in [7, 11) is 0. The van der Waals surface area contributed by atoms with Gasteiger partial charge in [-0.2, -0.15) is 4.37 Å². The number of aliphatic hydroxyl groups excluding tert-OH is 1. The van der Waals surface area contributed by atoms with Crippen molar-refractivity contribution in [2.45, 2.75) is 31.4 Å². The standard InChI is InChI=1S/C19H24N4O2S/c24-14-5-8-23(10-14)13-1-2-15-17(9-13)26-21-18(15)19(25)20-16-11-22-6-3-12(16)4-7-22/h1-2,9,12,14,16,24H,3-8,10-11H2,(H,20,25)/t14-,16?/m1/s1. The number of aromatic nitrogens is 1. The Bertz CT molecular complexity index is 830. The van der Waals surface area contributed by atoms with Gasteiger partial charge in [-0.1, -0.05) is 0 Å². The lowest BCUT2D eigenvalue weighted by Gasteiger charge is -2.44. The second-order valence-electron chi connectivity index (χ2n) is 7.82. The summed E-state index contributed by atoms with van der Waals surface area (Å²) in [5.74, 6) is 0.571.